The van der Waals surface area contributed by atoms with Crippen molar-refractivity contribution in [1.29, 1.82) is 5.26 Å². The van der Waals surface area contributed by atoms with Crippen LogP contribution in [-0.4, -0.2) is 33.8 Å². The van der Waals surface area contributed by atoms with Crippen LogP contribution in [0.25, 0.3) is 16.7 Å². The summed E-state index contributed by atoms with van der Waals surface area (Å²) in [6, 6.07) is 17.8. The summed E-state index contributed by atoms with van der Waals surface area (Å²) in [6.45, 7) is 4.50. The first-order valence-electron chi connectivity index (χ1n) is 9.94. The van der Waals surface area contributed by atoms with E-state index >= 15 is 0 Å². The van der Waals surface area contributed by atoms with Gasteiger partial charge in [-0.2, -0.15) is 10.2 Å². The van der Waals surface area contributed by atoms with E-state index in [9.17, 15) is 10.1 Å². The molecule has 0 N–H and O–H groups in total. The van der Waals surface area contributed by atoms with Crippen molar-refractivity contribution in [1.82, 2.24) is 14.1 Å². The number of para-hydroxylation sites is 1. The molecule has 0 aliphatic heterocycles. The molecule has 4 rings (SSSR count). The maximum absolute atomic E-state index is 12.5. The third-order valence-corrected chi connectivity index (χ3v) is 5.04. The van der Waals surface area contributed by atoms with Crippen LogP contribution >= 0.6 is 0 Å². The number of hydrogen-bond donors (Lipinski definition) is 0. The fourth-order valence-corrected chi connectivity index (χ4v) is 3.68. The van der Waals surface area contributed by atoms with Crippen LogP contribution in [0.2, 0.25) is 0 Å². The van der Waals surface area contributed by atoms with E-state index in [-0.39, 0.29) is 5.97 Å². The third kappa shape index (κ3) is 3.76. The van der Waals surface area contributed by atoms with Gasteiger partial charge in [0.25, 0.3) is 6.01 Å². The van der Waals surface area contributed by atoms with Gasteiger partial charge in [0.2, 0.25) is 0 Å². The minimum atomic E-state index is -0.390. The molecule has 0 amide bonds. The van der Waals surface area contributed by atoms with Gasteiger partial charge in [-0.15, -0.1) is 0 Å². The van der Waals surface area contributed by atoms with Crippen LogP contribution in [0.15, 0.2) is 54.7 Å². The zero-order valence-electron chi connectivity index (χ0n) is 17.6. The molecule has 0 bridgehead atoms. The van der Waals surface area contributed by atoms with Crippen molar-refractivity contribution in [3.8, 4) is 17.8 Å². The van der Waals surface area contributed by atoms with Crippen molar-refractivity contribution >= 4 is 17.0 Å². The first-order valence-corrected chi connectivity index (χ1v) is 9.94. The zero-order chi connectivity index (χ0) is 22.0. The Kier molecular flexibility index (Phi) is 5.46. The lowest BCUT2D eigenvalue weighted by atomic mass is 10.1. The van der Waals surface area contributed by atoms with Crippen LogP contribution in [0.4, 0.5) is 0 Å². The Morgan fingerprint density at radius 3 is 2.65 bits per heavy atom. The maximum atomic E-state index is 12.5. The lowest BCUT2D eigenvalue weighted by Crippen LogP contribution is -2.09. The molecular weight excluding hydrogens is 392 g/mol. The van der Waals surface area contributed by atoms with Crippen LogP contribution in [-0.2, 0) is 11.3 Å². The highest BCUT2D eigenvalue weighted by molar-refractivity contribution is 6.02. The summed E-state index contributed by atoms with van der Waals surface area (Å²) in [5.74, 6) is -0.390. The fraction of sp³-hybridized carbons (Fsp3) is 0.208. The number of hydrogen-bond acceptors (Lipinski definition) is 5. The summed E-state index contributed by atoms with van der Waals surface area (Å²) < 4.78 is 14.4. The highest BCUT2D eigenvalue weighted by Crippen LogP contribution is 2.27. The lowest BCUT2D eigenvalue weighted by Gasteiger charge is -2.12. The summed E-state index contributed by atoms with van der Waals surface area (Å²) in [5.41, 5.74) is 5.32. The van der Waals surface area contributed by atoms with Crippen LogP contribution < -0.4 is 4.74 Å². The molecule has 0 atom stereocenters. The van der Waals surface area contributed by atoms with E-state index < -0.39 is 0 Å². The minimum absolute atomic E-state index is 0.297. The molecule has 0 spiro atoms. The van der Waals surface area contributed by atoms with E-state index in [1.807, 2.05) is 58.7 Å². The highest BCUT2D eigenvalue weighted by atomic mass is 16.5. The van der Waals surface area contributed by atoms with Crippen LogP contribution in [0.3, 0.4) is 0 Å². The monoisotopic (exact) mass is 414 g/mol. The number of nitriles is 1. The Balaban J connectivity index is 1.73. The first kappa shape index (κ1) is 20.2. The van der Waals surface area contributed by atoms with Gasteiger partial charge in [-0.3, -0.25) is 4.57 Å². The topological polar surface area (TPSA) is 82.1 Å². The van der Waals surface area contributed by atoms with E-state index in [4.69, 9.17) is 9.47 Å². The Hall–Kier alpha value is -4.05. The summed E-state index contributed by atoms with van der Waals surface area (Å²) in [5, 5.41) is 9.35. The smallest absolute Gasteiger partial charge is 0.340 e. The number of rotatable bonds is 6. The molecule has 31 heavy (non-hydrogen) atoms. The molecule has 0 saturated heterocycles. The van der Waals surface area contributed by atoms with E-state index in [2.05, 4.69) is 11.1 Å². The van der Waals surface area contributed by atoms with Gasteiger partial charge in [0, 0.05) is 11.9 Å². The summed E-state index contributed by atoms with van der Waals surface area (Å²) in [7, 11) is 1.56. The van der Waals surface area contributed by atoms with Crippen molar-refractivity contribution < 1.29 is 14.3 Å². The average molecular weight is 414 g/mol. The number of esters is 1. The second-order valence-corrected chi connectivity index (χ2v) is 7.13. The van der Waals surface area contributed by atoms with E-state index in [1.165, 1.54) is 0 Å². The normalized spacial score (nSPS) is 10.8. The number of carbonyl (C=O) groups excluding carboxylic acids is 1. The van der Waals surface area contributed by atoms with Crippen LogP contribution in [0, 0.1) is 18.3 Å². The van der Waals surface area contributed by atoms with Crippen molar-refractivity contribution in [3.63, 3.8) is 0 Å². The first-order chi connectivity index (χ1) is 15.0. The maximum Gasteiger partial charge on any atom is 0.340 e. The summed E-state index contributed by atoms with van der Waals surface area (Å²) in [4.78, 5) is 17.0. The molecule has 0 fully saturated rings. The molecule has 2 aromatic heterocycles. The van der Waals surface area contributed by atoms with Gasteiger partial charge in [0.15, 0.2) is 0 Å². The number of aromatic nitrogens is 3. The number of fused-ring (bicyclic) bond motifs is 1. The molecule has 0 saturated carbocycles. The Morgan fingerprint density at radius 2 is 1.97 bits per heavy atom. The third-order valence-electron chi connectivity index (χ3n) is 5.04. The van der Waals surface area contributed by atoms with Crippen molar-refractivity contribution in [3.05, 3.63) is 77.1 Å². The van der Waals surface area contributed by atoms with Crippen LogP contribution in [0.1, 0.15) is 34.1 Å². The van der Waals surface area contributed by atoms with Crippen LogP contribution in [0.5, 0.6) is 6.01 Å². The SMILES string of the molecule is CCOC(=O)c1cccc2nc(OC)n(Cc3ccc(-n4cc(C)cc4C#N)cc3)c12. The van der Waals surface area contributed by atoms with E-state index in [0.717, 1.165) is 16.8 Å². The van der Waals surface area contributed by atoms with Gasteiger partial charge in [-0.05, 0) is 55.3 Å². The number of imidazole rings is 1. The Labute approximate surface area is 180 Å². The van der Waals surface area contributed by atoms with Gasteiger partial charge in [-0.1, -0.05) is 18.2 Å². The molecule has 156 valence electrons. The molecule has 7 nitrogen and oxygen atoms in total. The summed E-state index contributed by atoms with van der Waals surface area (Å²) in [6.07, 6.45) is 1.94. The number of aryl methyl sites for hydroxylation is 1. The number of benzene rings is 2. The lowest BCUT2D eigenvalue weighted by molar-refractivity contribution is 0.0528. The predicted octanol–water partition coefficient (Wildman–Crippen LogP) is 4.24. The molecule has 2 heterocycles. The number of carbonyl (C=O) groups is 1. The number of ether oxygens (including phenoxy) is 2. The molecule has 0 aliphatic carbocycles. The second-order valence-electron chi connectivity index (χ2n) is 7.13. The largest absolute Gasteiger partial charge is 0.468 e. The molecule has 4 aromatic rings. The predicted molar refractivity (Wildman–Crippen MR) is 117 cm³/mol. The van der Waals surface area contributed by atoms with E-state index in [1.54, 1.807) is 26.2 Å². The Morgan fingerprint density at radius 1 is 1.19 bits per heavy atom. The molecule has 0 aliphatic rings. The molecule has 0 radical (unpaired) electrons. The molecule has 0 unspecified atom stereocenters. The quantitative estimate of drug-likeness (QED) is 0.441. The molecule has 2 aromatic carbocycles. The Bertz CT molecular complexity index is 1290. The van der Waals surface area contributed by atoms with Crippen molar-refractivity contribution in [2.75, 3.05) is 13.7 Å². The highest BCUT2D eigenvalue weighted by Gasteiger charge is 2.19. The van der Waals surface area contributed by atoms with Gasteiger partial charge in [0.05, 0.1) is 36.9 Å². The van der Waals surface area contributed by atoms with Gasteiger partial charge < -0.3 is 14.0 Å². The fourth-order valence-electron chi connectivity index (χ4n) is 3.68. The average Bonchev–Trinajstić information content (AvgIpc) is 3.34. The van der Waals surface area contributed by atoms with E-state index in [0.29, 0.717) is 41.5 Å². The van der Waals surface area contributed by atoms with Crippen molar-refractivity contribution in [2.45, 2.75) is 20.4 Å². The summed E-state index contributed by atoms with van der Waals surface area (Å²) >= 11 is 0. The minimum Gasteiger partial charge on any atom is -0.468 e. The molecule has 7 heteroatoms. The molecular formula is C24H22N4O3. The van der Waals surface area contributed by atoms with Gasteiger partial charge in [0.1, 0.15) is 11.8 Å². The standard InChI is InChI=1S/C24H22N4O3/c1-4-31-23(29)20-6-5-7-21-22(20)28(24(26-21)30-3)15-17-8-10-18(11-9-17)27-14-16(2)12-19(27)13-25/h5-12,14H,4,15H2,1-3H3. The number of nitrogens with zero attached hydrogens (tertiary/aromatic N) is 4. The second kappa shape index (κ2) is 8.36. The van der Waals surface area contributed by atoms with Gasteiger partial charge in [-0.25, -0.2) is 4.79 Å². The van der Waals surface area contributed by atoms with Crippen molar-refractivity contribution in [2.24, 2.45) is 0 Å². The van der Waals surface area contributed by atoms with Gasteiger partial charge >= 0.3 is 5.97 Å². The zero-order valence-corrected chi connectivity index (χ0v) is 17.6. The number of methoxy groups -OCH3 is 1.